The minimum absolute atomic E-state index is 0.0267. The zero-order valence-electron chi connectivity index (χ0n) is 17.0. The van der Waals surface area contributed by atoms with Gasteiger partial charge in [-0.1, -0.05) is 37.2 Å². The van der Waals surface area contributed by atoms with E-state index in [0.29, 0.717) is 30.7 Å². The zero-order valence-corrected chi connectivity index (χ0v) is 17.9. The highest BCUT2D eigenvalue weighted by atomic mass is 32.1. The second-order valence-electron chi connectivity index (χ2n) is 7.71. The van der Waals surface area contributed by atoms with Gasteiger partial charge < -0.3 is 9.42 Å². The van der Waals surface area contributed by atoms with Crippen LogP contribution in [0.4, 0.5) is 0 Å². The van der Waals surface area contributed by atoms with Crippen LogP contribution in [0.5, 0.6) is 0 Å². The fraction of sp³-hybridized carbons (Fsp3) is 0.409. The monoisotopic (exact) mass is 410 g/mol. The van der Waals surface area contributed by atoms with E-state index in [0.717, 1.165) is 23.5 Å². The summed E-state index contributed by atoms with van der Waals surface area (Å²) in [6, 6.07) is 12.0. The Morgan fingerprint density at radius 1 is 1.07 bits per heavy atom. The average molecular weight is 411 g/mol. The molecule has 0 saturated carbocycles. The predicted molar refractivity (Wildman–Crippen MR) is 114 cm³/mol. The lowest BCUT2D eigenvalue weighted by Crippen LogP contribution is -2.49. The largest absolute Gasteiger partial charge is 0.337 e. The van der Waals surface area contributed by atoms with Crippen LogP contribution in [0.1, 0.15) is 54.5 Å². The standard InChI is InChI=1S/C22H26N4O2S/c1-15(2)17-6-8-18(9-7-17)22(27)26-12-10-25(11-13-26)16(3)21-23-20(24-28-21)19-5-4-14-29-19/h4-9,14-16H,10-13H2,1-3H3. The highest BCUT2D eigenvalue weighted by Gasteiger charge is 2.28. The topological polar surface area (TPSA) is 62.5 Å². The number of aromatic nitrogens is 2. The van der Waals surface area contributed by atoms with Crippen molar-refractivity contribution < 1.29 is 9.32 Å². The van der Waals surface area contributed by atoms with Gasteiger partial charge in [0.1, 0.15) is 0 Å². The van der Waals surface area contributed by atoms with E-state index in [1.165, 1.54) is 5.56 Å². The van der Waals surface area contributed by atoms with Crippen molar-refractivity contribution in [2.24, 2.45) is 0 Å². The smallest absolute Gasteiger partial charge is 0.253 e. The predicted octanol–water partition coefficient (Wildman–Crippen LogP) is 4.44. The fourth-order valence-corrected chi connectivity index (χ4v) is 4.22. The first kappa shape index (κ1) is 19.8. The summed E-state index contributed by atoms with van der Waals surface area (Å²) >= 11 is 1.60. The molecule has 6 nitrogen and oxygen atoms in total. The maximum Gasteiger partial charge on any atom is 0.253 e. The molecule has 1 aromatic carbocycles. The molecular weight excluding hydrogens is 384 g/mol. The number of amides is 1. The molecule has 0 radical (unpaired) electrons. The summed E-state index contributed by atoms with van der Waals surface area (Å²) in [5.74, 6) is 1.83. The first-order valence-corrected chi connectivity index (χ1v) is 10.9. The molecule has 152 valence electrons. The maximum absolute atomic E-state index is 12.8. The quantitative estimate of drug-likeness (QED) is 0.622. The van der Waals surface area contributed by atoms with E-state index in [2.05, 4.69) is 47.9 Å². The molecule has 29 heavy (non-hydrogen) atoms. The molecule has 0 N–H and O–H groups in total. The van der Waals surface area contributed by atoms with Gasteiger partial charge in [-0.15, -0.1) is 11.3 Å². The van der Waals surface area contributed by atoms with Crippen LogP contribution < -0.4 is 0 Å². The third kappa shape index (κ3) is 4.26. The molecule has 1 unspecified atom stereocenters. The van der Waals surface area contributed by atoms with Gasteiger partial charge in [0, 0.05) is 31.7 Å². The minimum Gasteiger partial charge on any atom is -0.337 e. The Bertz CT molecular complexity index is 942. The summed E-state index contributed by atoms with van der Waals surface area (Å²) in [7, 11) is 0. The van der Waals surface area contributed by atoms with Crippen LogP contribution in [0, 0.1) is 0 Å². The van der Waals surface area contributed by atoms with Crippen molar-refractivity contribution in [2.45, 2.75) is 32.7 Å². The van der Waals surface area contributed by atoms with E-state index in [1.54, 1.807) is 11.3 Å². The van der Waals surface area contributed by atoms with Gasteiger partial charge in [0.25, 0.3) is 5.91 Å². The Morgan fingerprint density at radius 2 is 1.79 bits per heavy atom. The Labute approximate surface area is 175 Å². The van der Waals surface area contributed by atoms with Crippen LogP contribution in [0.15, 0.2) is 46.3 Å². The van der Waals surface area contributed by atoms with Crippen molar-refractivity contribution in [2.75, 3.05) is 26.2 Å². The van der Waals surface area contributed by atoms with Crippen molar-refractivity contribution in [1.82, 2.24) is 19.9 Å². The van der Waals surface area contributed by atoms with Crippen LogP contribution in [0.2, 0.25) is 0 Å². The Kier molecular flexibility index (Phi) is 5.78. The highest BCUT2D eigenvalue weighted by Crippen LogP contribution is 2.26. The normalized spacial score (nSPS) is 16.3. The number of nitrogens with zero attached hydrogens (tertiary/aromatic N) is 4. The van der Waals surface area contributed by atoms with E-state index in [9.17, 15) is 4.79 Å². The van der Waals surface area contributed by atoms with Gasteiger partial charge in [-0.05, 0) is 42.0 Å². The number of benzene rings is 1. The van der Waals surface area contributed by atoms with Crippen LogP contribution >= 0.6 is 11.3 Å². The van der Waals surface area contributed by atoms with E-state index in [-0.39, 0.29) is 11.9 Å². The summed E-state index contributed by atoms with van der Waals surface area (Å²) in [5, 5.41) is 6.11. The molecule has 1 aliphatic rings. The number of piperazine rings is 1. The van der Waals surface area contributed by atoms with Gasteiger partial charge in [0.2, 0.25) is 11.7 Å². The lowest BCUT2D eigenvalue weighted by molar-refractivity contribution is 0.0551. The summed E-state index contributed by atoms with van der Waals surface area (Å²) in [4.78, 5) is 22.6. The van der Waals surface area contributed by atoms with Gasteiger partial charge >= 0.3 is 0 Å². The Morgan fingerprint density at radius 3 is 2.41 bits per heavy atom. The fourth-order valence-electron chi connectivity index (χ4n) is 3.57. The molecule has 1 fully saturated rings. The second kappa shape index (κ2) is 8.47. The highest BCUT2D eigenvalue weighted by molar-refractivity contribution is 7.13. The maximum atomic E-state index is 12.8. The number of hydrogen-bond donors (Lipinski definition) is 0. The summed E-state index contributed by atoms with van der Waals surface area (Å²) in [6.45, 7) is 9.35. The van der Waals surface area contributed by atoms with Crippen molar-refractivity contribution in [3.63, 3.8) is 0 Å². The third-order valence-electron chi connectivity index (χ3n) is 5.51. The Hall–Kier alpha value is -2.51. The molecule has 1 saturated heterocycles. The molecule has 1 aliphatic heterocycles. The average Bonchev–Trinajstić information content (AvgIpc) is 3.45. The molecule has 7 heteroatoms. The number of carbonyl (C=O) groups excluding carboxylic acids is 1. The van der Waals surface area contributed by atoms with Crippen LogP contribution in [-0.4, -0.2) is 52.0 Å². The van der Waals surface area contributed by atoms with Gasteiger partial charge in [-0.2, -0.15) is 4.98 Å². The molecule has 0 aliphatic carbocycles. The van der Waals surface area contributed by atoms with E-state index < -0.39 is 0 Å². The first-order chi connectivity index (χ1) is 14.0. The lowest BCUT2D eigenvalue weighted by Gasteiger charge is -2.36. The number of thiophene rings is 1. The number of rotatable bonds is 5. The third-order valence-corrected chi connectivity index (χ3v) is 6.38. The minimum atomic E-state index is 0.0267. The lowest BCUT2D eigenvalue weighted by atomic mass is 10.0. The SMILES string of the molecule is CC(C)c1ccc(C(=O)N2CCN(C(C)c3nc(-c4cccs4)no3)CC2)cc1. The van der Waals surface area contributed by atoms with Gasteiger partial charge in [-0.25, -0.2) is 0 Å². The number of carbonyl (C=O) groups is 1. The first-order valence-electron chi connectivity index (χ1n) is 10.0. The molecule has 2 aromatic heterocycles. The van der Waals surface area contributed by atoms with E-state index in [4.69, 9.17) is 4.52 Å². The van der Waals surface area contributed by atoms with E-state index >= 15 is 0 Å². The van der Waals surface area contributed by atoms with Gasteiger partial charge in [0.05, 0.1) is 10.9 Å². The van der Waals surface area contributed by atoms with Crippen molar-refractivity contribution in [1.29, 1.82) is 0 Å². The second-order valence-corrected chi connectivity index (χ2v) is 8.66. The zero-order chi connectivity index (χ0) is 20.4. The molecule has 1 amide bonds. The Balaban J connectivity index is 1.35. The number of hydrogen-bond acceptors (Lipinski definition) is 6. The molecule has 3 heterocycles. The molecular formula is C22H26N4O2S. The summed E-state index contributed by atoms with van der Waals surface area (Å²) in [6.07, 6.45) is 0. The van der Waals surface area contributed by atoms with Crippen LogP contribution in [0.25, 0.3) is 10.7 Å². The van der Waals surface area contributed by atoms with Crippen molar-refractivity contribution >= 4 is 17.2 Å². The van der Waals surface area contributed by atoms with E-state index in [1.807, 2.05) is 34.5 Å². The molecule has 3 aromatic rings. The summed E-state index contributed by atoms with van der Waals surface area (Å²) in [5.41, 5.74) is 2.01. The van der Waals surface area contributed by atoms with Crippen LogP contribution in [-0.2, 0) is 0 Å². The van der Waals surface area contributed by atoms with Crippen LogP contribution in [0.3, 0.4) is 0 Å². The molecule has 0 spiro atoms. The molecule has 1 atom stereocenters. The van der Waals surface area contributed by atoms with Crippen molar-refractivity contribution in [3.8, 4) is 10.7 Å². The van der Waals surface area contributed by atoms with Gasteiger partial charge in [0.15, 0.2) is 0 Å². The summed E-state index contributed by atoms with van der Waals surface area (Å²) < 4.78 is 5.50. The van der Waals surface area contributed by atoms with Crippen molar-refractivity contribution in [3.05, 3.63) is 58.8 Å². The molecule has 0 bridgehead atoms. The van der Waals surface area contributed by atoms with Gasteiger partial charge in [-0.3, -0.25) is 9.69 Å². The molecule has 4 rings (SSSR count).